The van der Waals surface area contributed by atoms with Crippen molar-refractivity contribution in [1.29, 1.82) is 0 Å². The number of amides is 1. The van der Waals surface area contributed by atoms with E-state index in [1.54, 1.807) is 29.0 Å². The summed E-state index contributed by atoms with van der Waals surface area (Å²) in [5.74, 6) is -0.0847. The van der Waals surface area contributed by atoms with E-state index in [1.165, 1.54) is 17.8 Å². The van der Waals surface area contributed by atoms with Crippen molar-refractivity contribution in [2.75, 3.05) is 11.1 Å². The molecule has 0 unspecified atom stereocenters. The van der Waals surface area contributed by atoms with E-state index < -0.39 is 0 Å². The number of thioether (sulfide) groups is 1. The molecule has 0 aliphatic rings. The largest absolute Gasteiger partial charge is 0.325 e. The number of rotatable bonds is 6. The highest BCUT2D eigenvalue weighted by Gasteiger charge is 2.19. The van der Waals surface area contributed by atoms with Gasteiger partial charge < -0.3 is 5.32 Å². The molecule has 2 N–H and O–H groups in total. The quantitative estimate of drug-likeness (QED) is 0.350. The predicted molar refractivity (Wildman–Crippen MR) is 127 cm³/mol. The van der Waals surface area contributed by atoms with Gasteiger partial charge in [-0.3, -0.25) is 14.5 Å². The van der Waals surface area contributed by atoms with Crippen LogP contribution in [0.5, 0.6) is 0 Å². The molecule has 0 fully saturated rings. The van der Waals surface area contributed by atoms with Gasteiger partial charge in [0.1, 0.15) is 5.82 Å². The Kier molecular flexibility index (Phi) is 5.62. The van der Waals surface area contributed by atoms with Crippen LogP contribution in [-0.4, -0.2) is 36.6 Å². The topological polar surface area (TPSA) is 88.5 Å². The molecule has 0 aliphatic heterocycles. The molecule has 3 aromatic carbocycles. The standard InChI is InChI=1S/C24H19FN6OS/c1-15-6-10-18(11-7-15)31-23(19-4-2-3-5-20(19)25)29-30-24(31)33-14-22(32)27-17-9-8-16-13-26-28-21(16)12-17/h2-13H,14H2,1H3,(H,26,28)(H,27,32). The van der Waals surface area contributed by atoms with Crippen molar-refractivity contribution in [2.45, 2.75) is 12.1 Å². The Bertz CT molecular complexity index is 1440. The van der Waals surface area contributed by atoms with Gasteiger partial charge in [0.05, 0.1) is 23.0 Å². The van der Waals surface area contributed by atoms with Crippen LogP contribution in [0.4, 0.5) is 10.1 Å². The van der Waals surface area contributed by atoms with Crippen LogP contribution in [0, 0.1) is 12.7 Å². The molecule has 0 radical (unpaired) electrons. The van der Waals surface area contributed by atoms with E-state index in [0.29, 0.717) is 22.2 Å². The SMILES string of the molecule is Cc1ccc(-n2c(SCC(=O)Nc3ccc4cn[nH]c4c3)nnc2-c2ccccc2F)cc1. The number of nitrogens with one attached hydrogen (secondary N) is 2. The molecular weight excluding hydrogens is 439 g/mol. The number of aromatic nitrogens is 5. The summed E-state index contributed by atoms with van der Waals surface area (Å²) < 4.78 is 16.3. The summed E-state index contributed by atoms with van der Waals surface area (Å²) in [7, 11) is 0. The van der Waals surface area contributed by atoms with E-state index in [4.69, 9.17) is 0 Å². The van der Waals surface area contributed by atoms with Crippen LogP contribution >= 0.6 is 11.8 Å². The maximum atomic E-state index is 14.5. The van der Waals surface area contributed by atoms with Gasteiger partial charge in [0.2, 0.25) is 5.91 Å². The first-order chi connectivity index (χ1) is 16.1. The number of halogens is 1. The average molecular weight is 459 g/mol. The third-order valence-electron chi connectivity index (χ3n) is 5.10. The van der Waals surface area contributed by atoms with Crippen LogP contribution in [0.25, 0.3) is 28.0 Å². The molecule has 33 heavy (non-hydrogen) atoms. The van der Waals surface area contributed by atoms with Crippen molar-refractivity contribution in [3.63, 3.8) is 0 Å². The molecule has 0 aliphatic carbocycles. The minimum absolute atomic E-state index is 0.113. The lowest BCUT2D eigenvalue weighted by molar-refractivity contribution is -0.113. The fraction of sp³-hybridized carbons (Fsp3) is 0.0833. The number of carbonyl (C=O) groups is 1. The maximum Gasteiger partial charge on any atom is 0.234 e. The fourth-order valence-corrected chi connectivity index (χ4v) is 4.20. The summed E-state index contributed by atoms with van der Waals surface area (Å²) in [4.78, 5) is 12.6. The van der Waals surface area contributed by atoms with Gasteiger partial charge in [-0.2, -0.15) is 5.10 Å². The first kappa shape index (κ1) is 20.9. The Hall–Kier alpha value is -3.98. The van der Waals surface area contributed by atoms with E-state index in [2.05, 4.69) is 25.7 Å². The molecule has 0 spiro atoms. The van der Waals surface area contributed by atoms with E-state index >= 15 is 0 Å². The summed E-state index contributed by atoms with van der Waals surface area (Å²) in [6, 6.07) is 19.8. The average Bonchev–Trinajstić information content (AvgIpc) is 3.45. The van der Waals surface area contributed by atoms with Gasteiger partial charge in [-0.15, -0.1) is 10.2 Å². The lowest BCUT2D eigenvalue weighted by Gasteiger charge is -2.11. The molecule has 2 heterocycles. The molecule has 5 rings (SSSR count). The van der Waals surface area contributed by atoms with Gasteiger partial charge in [-0.25, -0.2) is 4.39 Å². The number of aryl methyl sites for hydroxylation is 1. The van der Waals surface area contributed by atoms with E-state index in [-0.39, 0.29) is 17.5 Å². The second-order valence-electron chi connectivity index (χ2n) is 7.47. The second-order valence-corrected chi connectivity index (χ2v) is 8.41. The molecular formula is C24H19FN6OS. The van der Waals surface area contributed by atoms with Crippen LogP contribution in [0.3, 0.4) is 0 Å². The number of anilines is 1. The normalized spacial score (nSPS) is 11.1. The Labute approximate surface area is 193 Å². The Morgan fingerprint density at radius 1 is 1.09 bits per heavy atom. The number of hydrogen-bond donors (Lipinski definition) is 2. The van der Waals surface area contributed by atoms with Crippen LogP contribution in [0.15, 0.2) is 78.1 Å². The molecule has 0 bridgehead atoms. The zero-order valence-electron chi connectivity index (χ0n) is 17.6. The van der Waals surface area contributed by atoms with Gasteiger partial charge in [-0.05, 0) is 49.4 Å². The maximum absolute atomic E-state index is 14.5. The zero-order valence-corrected chi connectivity index (χ0v) is 18.4. The Balaban J connectivity index is 1.41. The van der Waals surface area contributed by atoms with Gasteiger partial charge in [-0.1, -0.05) is 41.6 Å². The summed E-state index contributed by atoms with van der Waals surface area (Å²) >= 11 is 1.23. The van der Waals surface area contributed by atoms with Gasteiger partial charge >= 0.3 is 0 Å². The van der Waals surface area contributed by atoms with Crippen molar-refractivity contribution < 1.29 is 9.18 Å². The Morgan fingerprint density at radius 2 is 1.91 bits per heavy atom. The highest BCUT2D eigenvalue weighted by Crippen LogP contribution is 2.29. The highest BCUT2D eigenvalue weighted by atomic mass is 32.2. The summed E-state index contributed by atoms with van der Waals surface area (Å²) in [5.41, 5.74) is 3.74. The van der Waals surface area contributed by atoms with Gasteiger partial charge in [0.15, 0.2) is 11.0 Å². The molecule has 0 atom stereocenters. The monoisotopic (exact) mass is 458 g/mol. The lowest BCUT2D eigenvalue weighted by Crippen LogP contribution is -2.14. The minimum Gasteiger partial charge on any atom is -0.325 e. The molecule has 164 valence electrons. The zero-order chi connectivity index (χ0) is 22.8. The molecule has 0 saturated heterocycles. The fourth-order valence-electron chi connectivity index (χ4n) is 3.45. The summed E-state index contributed by atoms with van der Waals surface area (Å²) in [6.45, 7) is 1.99. The van der Waals surface area contributed by atoms with Gasteiger partial charge in [0.25, 0.3) is 0 Å². The first-order valence-electron chi connectivity index (χ1n) is 10.2. The van der Waals surface area contributed by atoms with Crippen molar-refractivity contribution in [3.8, 4) is 17.1 Å². The van der Waals surface area contributed by atoms with Crippen molar-refractivity contribution in [2.24, 2.45) is 0 Å². The molecule has 0 saturated carbocycles. The van der Waals surface area contributed by atoms with E-state index in [0.717, 1.165) is 22.2 Å². The molecule has 1 amide bonds. The van der Waals surface area contributed by atoms with Crippen molar-refractivity contribution in [1.82, 2.24) is 25.0 Å². The van der Waals surface area contributed by atoms with Crippen LogP contribution < -0.4 is 5.32 Å². The molecule has 9 heteroatoms. The Morgan fingerprint density at radius 3 is 2.73 bits per heavy atom. The number of hydrogen-bond acceptors (Lipinski definition) is 5. The lowest BCUT2D eigenvalue weighted by atomic mass is 10.2. The van der Waals surface area contributed by atoms with E-state index in [9.17, 15) is 9.18 Å². The molecule has 5 aromatic rings. The van der Waals surface area contributed by atoms with E-state index in [1.807, 2.05) is 49.4 Å². The number of H-pyrrole nitrogens is 1. The number of nitrogens with zero attached hydrogens (tertiary/aromatic N) is 4. The van der Waals surface area contributed by atoms with Crippen LogP contribution in [-0.2, 0) is 4.79 Å². The van der Waals surface area contributed by atoms with Crippen molar-refractivity contribution >= 4 is 34.3 Å². The smallest absolute Gasteiger partial charge is 0.234 e. The first-order valence-corrected chi connectivity index (χ1v) is 11.2. The predicted octanol–water partition coefficient (Wildman–Crippen LogP) is 4.99. The van der Waals surface area contributed by atoms with Crippen LogP contribution in [0.1, 0.15) is 5.56 Å². The molecule has 7 nitrogen and oxygen atoms in total. The summed E-state index contributed by atoms with van der Waals surface area (Å²) in [6.07, 6.45) is 1.72. The third-order valence-corrected chi connectivity index (χ3v) is 6.03. The number of carbonyl (C=O) groups excluding carboxylic acids is 1. The minimum atomic E-state index is -0.387. The number of aromatic amines is 1. The number of benzene rings is 3. The molecule has 2 aromatic heterocycles. The summed E-state index contributed by atoms with van der Waals surface area (Å²) in [5, 5.41) is 19.7. The van der Waals surface area contributed by atoms with Crippen molar-refractivity contribution in [3.05, 3.63) is 84.3 Å². The second kappa shape index (κ2) is 8.87. The van der Waals surface area contributed by atoms with Crippen LogP contribution in [0.2, 0.25) is 0 Å². The van der Waals surface area contributed by atoms with Gasteiger partial charge in [0, 0.05) is 16.8 Å². The highest BCUT2D eigenvalue weighted by molar-refractivity contribution is 7.99. The third kappa shape index (κ3) is 4.35. The number of fused-ring (bicyclic) bond motifs is 1.